The van der Waals surface area contributed by atoms with Gasteiger partial charge >= 0.3 is 0 Å². The first-order valence-corrected chi connectivity index (χ1v) is 8.28. The molecular weight excluding hydrogens is 354 g/mol. The average Bonchev–Trinajstić information content (AvgIpc) is 2.68. The molecule has 2 aromatic carbocycles. The monoisotopic (exact) mass is 373 g/mol. The summed E-state index contributed by atoms with van der Waals surface area (Å²) in [6.45, 7) is 2.57. The lowest BCUT2D eigenvalue weighted by molar-refractivity contribution is -0.384. The first kappa shape index (κ1) is 18.3. The van der Waals surface area contributed by atoms with Crippen LogP contribution in [-0.2, 0) is 4.79 Å². The van der Waals surface area contributed by atoms with Gasteiger partial charge < -0.3 is 24.8 Å². The number of fused-ring (bicyclic) bond motifs is 1. The molecule has 1 heterocycles. The third-order valence-electron chi connectivity index (χ3n) is 3.98. The van der Waals surface area contributed by atoms with E-state index in [1.807, 2.05) is 0 Å². The van der Waals surface area contributed by atoms with Crippen molar-refractivity contribution in [2.45, 2.75) is 13.0 Å². The highest BCUT2D eigenvalue weighted by atomic mass is 16.6. The smallest absolute Gasteiger partial charge is 0.271 e. The number of hydrogen-bond donors (Lipinski definition) is 2. The number of anilines is 2. The number of nitro benzene ring substituents is 1. The zero-order valence-electron chi connectivity index (χ0n) is 14.9. The van der Waals surface area contributed by atoms with Crippen molar-refractivity contribution in [2.75, 3.05) is 31.0 Å². The molecule has 0 aromatic heterocycles. The van der Waals surface area contributed by atoms with E-state index in [0.29, 0.717) is 36.1 Å². The number of nitrogens with one attached hydrogen (secondary N) is 2. The van der Waals surface area contributed by atoms with Crippen LogP contribution in [0.25, 0.3) is 0 Å². The predicted octanol–water partition coefficient (Wildman–Crippen LogP) is 2.81. The molecule has 1 aliphatic heterocycles. The highest BCUT2D eigenvalue weighted by Gasteiger charge is 2.21. The van der Waals surface area contributed by atoms with Crippen molar-refractivity contribution in [1.29, 1.82) is 0 Å². The number of ether oxygens (including phenoxy) is 3. The Bertz CT molecular complexity index is 870. The molecule has 1 aliphatic rings. The van der Waals surface area contributed by atoms with Gasteiger partial charge in [-0.05, 0) is 25.1 Å². The van der Waals surface area contributed by atoms with Crippen LogP contribution in [0, 0.1) is 10.1 Å². The van der Waals surface area contributed by atoms with Crippen LogP contribution >= 0.6 is 0 Å². The van der Waals surface area contributed by atoms with Gasteiger partial charge in [0.2, 0.25) is 5.91 Å². The number of carbonyl (C=O) groups excluding carboxylic acids is 1. The highest BCUT2D eigenvalue weighted by molar-refractivity contribution is 5.98. The minimum Gasteiger partial charge on any atom is -0.495 e. The maximum atomic E-state index is 12.6. The van der Waals surface area contributed by atoms with Gasteiger partial charge in [-0.2, -0.15) is 0 Å². The number of para-hydroxylation sites is 1. The topological polar surface area (TPSA) is 112 Å². The first-order valence-electron chi connectivity index (χ1n) is 8.28. The van der Waals surface area contributed by atoms with Crippen molar-refractivity contribution in [3.63, 3.8) is 0 Å². The van der Waals surface area contributed by atoms with Crippen molar-refractivity contribution in [2.24, 2.45) is 0 Å². The van der Waals surface area contributed by atoms with Crippen LogP contribution in [-0.4, -0.2) is 37.2 Å². The second-order valence-electron chi connectivity index (χ2n) is 5.83. The maximum Gasteiger partial charge on any atom is 0.271 e. The Hall–Kier alpha value is -3.49. The summed E-state index contributed by atoms with van der Waals surface area (Å²) in [4.78, 5) is 23.0. The second kappa shape index (κ2) is 7.81. The molecule has 0 aliphatic carbocycles. The van der Waals surface area contributed by atoms with E-state index in [1.165, 1.54) is 25.3 Å². The van der Waals surface area contributed by atoms with Crippen molar-refractivity contribution in [1.82, 2.24) is 0 Å². The molecule has 9 nitrogen and oxygen atoms in total. The van der Waals surface area contributed by atoms with Gasteiger partial charge in [-0.25, -0.2) is 0 Å². The molecule has 2 aromatic rings. The summed E-state index contributed by atoms with van der Waals surface area (Å²) in [5.74, 6) is 1.11. The fourth-order valence-electron chi connectivity index (χ4n) is 2.63. The minimum atomic E-state index is -0.647. The Labute approximate surface area is 155 Å². The van der Waals surface area contributed by atoms with Gasteiger partial charge in [0.1, 0.15) is 25.0 Å². The van der Waals surface area contributed by atoms with Gasteiger partial charge in [0.15, 0.2) is 11.5 Å². The van der Waals surface area contributed by atoms with Crippen LogP contribution in [0.2, 0.25) is 0 Å². The summed E-state index contributed by atoms with van der Waals surface area (Å²) in [6.07, 6.45) is 0. The van der Waals surface area contributed by atoms with Crippen LogP contribution in [0.4, 0.5) is 17.1 Å². The van der Waals surface area contributed by atoms with Crippen molar-refractivity contribution in [3.8, 4) is 17.2 Å². The minimum absolute atomic E-state index is 0.144. The van der Waals surface area contributed by atoms with Crippen molar-refractivity contribution < 1.29 is 23.9 Å². The Kier molecular flexibility index (Phi) is 5.30. The molecule has 1 amide bonds. The Morgan fingerprint density at radius 1 is 1.22 bits per heavy atom. The lowest BCUT2D eigenvalue weighted by atomic mass is 10.2. The molecule has 142 valence electrons. The second-order valence-corrected chi connectivity index (χ2v) is 5.83. The molecule has 27 heavy (non-hydrogen) atoms. The number of hydrogen-bond acceptors (Lipinski definition) is 7. The Morgan fingerprint density at radius 3 is 2.74 bits per heavy atom. The highest BCUT2D eigenvalue weighted by Crippen LogP contribution is 2.37. The lowest BCUT2D eigenvalue weighted by Gasteiger charge is -2.23. The van der Waals surface area contributed by atoms with Crippen molar-refractivity contribution in [3.05, 3.63) is 46.5 Å². The normalized spacial score (nSPS) is 13.4. The third kappa shape index (κ3) is 4.02. The molecule has 0 saturated heterocycles. The molecule has 0 radical (unpaired) electrons. The van der Waals surface area contributed by atoms with Crippen molar-refractivity contribution >= 4 is 23.0 Å². The van der Waals surface area contributed by atoms with Crippen LogP contribution in [0.5, 0.6) is 17.2 Å². The summed E-state index contributed by atoms with van der Waals surface area (Å²) in [5, 5.41) is 16.7. The lowest BCUT2D eigenvalue weighted by Crippen LogP contribution is -2.32. The fraction of sp³-hybridized carbons (Fsp3) is 0.278. The van der Waals surface area contributed by atoms with Crippen LogP contribution in [0.3, 0.4) is 0 Å². The number of amides is 1. The van der Waals surface area contributed by atoms with Gasteiger partial charge in [0, 0.05) is 12.1 Å². The van der Waals surface area contributed by atoms with Gasteiger partial charge in [-0.3, -0.25) is 14.9 Å². The molecule has 3 rings (SSSR count). The molecule has 0 spiro atoms. The number of carbonyl (C=O) groups is 1. The third-order valence-corrected chi connectivity index (χ3v) is 3.98. The molecule has 9 heteroatoms. The van der Waals surface area contributed by atoms with Crippen LogP contribution in [0.1, 0.15) is 6.92 Å². The van der Waals surface area contributed by atoms with E-state index < -0.39 is 11.0 Å². The van der Waals surface area contributed by atoms with E-state index in [-0.39, 0.29) is 17.3 Å². The quantitative estimate of drug-likeness (QED) is 0.591. The summed E-state index contributed by atoms with van der Waals surface area (Å²) >= 11 is 0. The van der Waals surface area contributed by atoms with E-state index >= 15 is 0 Å². The van der Waals surface area contributed by atoms with Gasteiger partial charge in [0.05, 0.1) is 23.4 Å². The standard InChI is InChI=1S/C18H19N3O6/c1-11(19-13-4-3-5-16-17(13)27-9-8-26-16)18(22)20-14-10-12(21(23)24)6-7-15(14)25-2/h3-7,10-11,19H,8-9H2,1-2H3,(H,20,22)/t11-/m1/s1. The van der Waals surface area contributed by atoms with Crippen LogP contribution in [0.15, 0.2) is 36.4 Å². The summed E-state index contributed by atoms with van der Waals surface area (Å²) in [5.41, 5.74) is 0.704. The van der Waals surface area contributed by atoms with E-state index in [0.717, 1.165) is 0 Å². The number of rotatable bonds is 6. The molecule has 0 unspecified atom stereocenters. The largest absolute Gasteiger partial charge is 0.495 e. The molecule has 0 fully saturated rings. The summed E-state index contributed by atoms with van der Waals surface area (Å²) < 4.78 is 16.3. The number of non-ortho nitro benzene ring substituents is 1. The van der Waals surface area contributed by atoms with Gasteiger partial charge in [-0.1, -0.05) is 6.07 Å². The average molecular weight is 373 g/mol. The number of nitro groups is 1. The fourth-order valence-corrected chi connectivity index (χ4v) is 2.63. The SMILES string of the molecule is COc1ccc([N+](=O)[O-])cc1NC(=O)[C@@H](C)Nc1cccc2c1OCCO2. The zero-order chi connectivity index (χ0) is 19.4. The molecule has 0 saturated carbocycles. The first-order chi connectivity index (χ1) is 13.0. The van der Waals surface area contributed by atoms with Crippen LogP contribution < -0.4 is 24.8 Å². The molecule has 0 bridgehead atoms. The number of benzene rings is 2. The molecule has 1 atom stereocenters. The summed E-state index contributed by atoms with van der Waals surface area (Å²) in [7, 11) is 1.42. The van der Waals surface area contributed by atoms with E-state index in [2.05, 4.69) is 10.6 Å². The number of nitrogens with zero attached hydrogens (tertiary/aromatic N) is 1. The Balaban J connectivity index is 1.75. The van der Waals surface area contributed by atoms with E-state index in [9.17, 15) is 14.9 Å². The van der Waals surface area contributed by atoms with E-state index in [1.54, 1.807) is 25.1 Å². The number of methoxy groups -OCH3 is 1. The predicted molar refractivity (Wildman–Crippen MR) is 98.8 cm³/mol. The van der Waals surface area contributed by atoms with Gasteiger partial charge in [-0.15, -0.1) is 0 Å². The Morgan fingerprint density at radius 2 is 2.00 bits per heavy atom. The molecular formula is C18H19N3O6. The maximum absolute atomic E-state index is 12.6. The molecule has 2 N–H and O–H groups in total. The van der Waals surface area contributed by atoms with E-state index in [4.69, 9.17) is 14.2 Å². The van der Waals surface area contributed by atoms with Gasteiger partial charge in [0.25, 0.3) is 5.69 Å². The summed E-state index contributed by atoms with van der Waals surface area (Å²) in [6, 6.07) is 8.72. The zero-order valence-corrected chi connectivity index (χ0v) is 14.9.